The molecule has 1 aromatic heterocycles. The quantitative estimate of drug-likeness (QED) is 0.164. The molecular formula is C48H37N3. The Kier molecular flexibility index (Phi) is 7.82. The van der Waals surface area contributed by atoms with E-state index in [1.165, 1.54) is 43.8 Å². The lowest BCUT2D eigenvalue weighted by Crippen LogP contribution is -2.24. The first-order valence-corrected chi connectivity index (χ1v) is 17.9. The summed E-state index contributed by atoms with van der Waals surface area (Å²) in [4.78, 5) is 15.8. The summed E-state index contributed by atoms with van der Waals surface area (Å²) < 4.78 is 0. The molecule has 3 heteroatoms. The van der Waals surface area contributed by atoms with E-state index in [4.69, 9.17) is 15.0 Å². The molecule has 7 aromatic carbocycles. The van der Waals surface area contributed by atoms with Crippen molar-refractivity contribution in [2.45, 2.75) is 31.7 Å². The van der Waals surface area contributed by atoms with Gasteiger partial charge in [0.2, 0.25) is 0 Å². The number of rotatable bonds is 6. The summed E-state index contributed by atoms with van der Waals surface area (Å²) >= 11 is 0. The molecule has 0 amide bonds. The van der Waals surface area contributed by atoms with Crippen molar-refractivity contribution in [1.82, 2.24) is 4.98 Å². The minimum atomic E-state index is -0.397. The number of nitrogens with zero attached hydrogens (tertiary/aromatic N) is 3. The molecule has 1 aliphatic heterocycles. The van der Waals surface area contributed by atoms with E-state index >= 15 is 0 Å². The van der Waals surface area contributed by atoms with E-state index in [0.717, 1.165) is 58.4 Å². The van der Waals surface area contributed by atoms with Crippen LogP contribution in [-0.4, -0.2) is 16.5 Å². The van der Waals surface area contributed by atoms with E-state index in [9.17, 15) is 0 Å². The maximum atomic E-state index is 5.59. The SMILES string of the molecule is CCC1(c2ccc(-c3ccccc3)cc2)CCC(c2ccccc2)=NC(c2ccc(-c3cc4ccccc4c4c3ccc3cccnc34)cc2)=N1. The fourth-order valence-corrected chi connectivity index (χ4v) is 7.80. The second-order valence-corrected chi connectivity index (χ2v) is 13.5. The van der Waals surface area contributed by atoms with E-state index in [1.54, 1.807) is 0 Å². The minimum Gasteiger partial charge on any atom is -0.256 e. The normalized spacial score (nSPS) is 16.2. The molecule has 0 N–H and O–H groups in total. The van der Waals surface area contributed by atoms with Crippen LogP contribution < -0.4 is 0 Å². The van der Waals surface area contributed by atoms with Crippen LogP contribution in [0.15, 0.2) is 180 Å². The van der Waals surface area contributed by atoms with Crippen molar-refractivity contribution in [2.24, 2.45) is 9.98 Å². The maximum Gasteiger partial charge on any atom is 0.155 e. The zero-order valence-corrected chi connectivity index (χ0v) is 28.6. The van der Waals surface area contributed by atoms with E-state index < -0.39 is 5.54 Å². The molecule has 2 heterocycles. The molecule has 0 saturated carbocycles. The van der Waals surface area contributed by atoms with Crippen LogP contribution >= 0.6 is 0 Å². The molecule has 0 aliphatic carbocycles. The van der Waals surface area contributed by atoms with Crippen molar-refractivity contribution < 1.29 is 0 Å². The third kappa shape index (κ3) is 5.61. The summed E-state index contributed by atoms with van der Waals surface area (Å²) in [5, 5.41) is 5.98. The molecule has 1 aliphatic rings. The van der Waals surface area contributed by atoms with Crippen molar-refractivity contribution in [3.63, 3.8) is 0 Å². The summed E-state index contributed by atoms with van der Waals surface area (Å²) in [7, 11) is 0. The standard InChI is InChI=1S/C48H37N3/c1-2-48(40-26-23-34(24-27-40)33-12-5-3-6-13-33)30-29-44(36-14-7-4-8-15-36)50-47(51-48)38-21-19-35(20-22-38)43-32-39-16-9-10-18-41(39)45-42(43)28-25-37-17-11-31-49-46(37)45/h3-28,31-32H,2,29-30H2,1H3. The number of pyridine rings is 1. The van der Waals surface area contributed by atoms with Gasteiger partial charge in [0.05, 0.1) is 16.8 Å². The Morgan fingerprint density at radius 1 is 0.549 bits per heavy atom. The first-order chi connectivity index (χ1) is 25.2. The first kappa shape index (κ1) is 30.8. The maximum absolute atomic E-state index is 5.59. The van der Waals surface area contributed by atoms with Crippen LogP contribution in [0, 0.1) is 0 Å². The van der Waals surface area contributed by atoms with E-state index in [1.807, 2.05) is 12.3 Å². The van der Waals surface area contributed by atoms with Crippen LogP contribution in [0.1, 0.15) is 42.9 Å². The van der Waals surface area contributed by atoms with Gasteiger partial charge in [-0.15, -0.1) is 0 Å². The minimum absolute atomic E-state index is 0.397. The molecule has 1 unspecified atom stereocenters. The predicted octanol–water partition coefficient (Wildman–Crippen LogP) is 12.2. The smallest absolute Gasteiger partial charge is 0.155 e. The molecule has 3 nitrogen and oxygen atoms in total. The summed E-state index contributed by atoms with van der Waals surface area (Å²) in [5.74, 6) is 0.783. The van der Waals surface area contributed by atoms with Gasteiger partial charge in [-0.3, -0.25) is 9.98 Å². The Labute approximate surface area is 298 Å². The summed E-state index contributed by atoms with van der Waals surface area (Å²) in [6, 6.07) is 58.6. The van der Waals surface area contributed by atoms with Gasteiger partial charge in [-0.2, -0.15) is 0 Å². The lowest BCUT2D eigenvalue weighted by atomic mass is 9.82. The van der Waals surface area contributed by atoms with Crippen molar-refractivity contribution in [3.05, 3.63) is 187 Å². The van der Waals surface area contributed by atoms with Gasteiger partial charge < -0.3 is 0 Å². The molecule has 9 rings (SSSR count). The molecule has 0 saturated heterocycles. The van der Waals surface area contributed by atoms with Crippen molar-refractivity contribution in [3.8, 4) is 22.3 Å². The van der Waals surface area contributed by atoms with Gasteiger partial charge in [0.15, 0.2) is 5.84 Å². The zero-order chi connectivity index (χ0) is 34.2. The molecule has 0 bridgehead atoms. The topological polar surface area (TPSA) is 37.6 Å². The van der Waals surface area contributed by atoms with E-state index in [2.05, 4.69) is 165 Å². The Hall–Kier alpha value is -6.19. The summed E-state index contributed by atoms with van der Waals surface area (Å²) in [6.45, 7) is 2.26. The number of hydrogen-bond acceptors (Lipinski definition) is 3. The fourth-order valence-electron chi connectivity index (χ4n) is 7.80. The van der Waals surface area contributed by atoms with E-state index in [0.29, 0.717) is 0 Å². The number of hydrogen-bond donors (Lipinski definition) is 0. The van der Waals surface area contributed by atoms with Gasteiger partial charge in [-0.1, -0.05) is 159 Å². The van der Waals surface area contributed by atoms with E-state index in [-0.39, 0.29) is 0 Å². The zero-order valence-electron chi connectivity index (χ0n) is 28.6. The third-order valence-corrected chi connectivity index (χ3v) is 10.6. The molecular weight excluding hydrogens is 619 g/mol. The van der Waals surface area contributed by atoms with Crippen LogP contribution in [0.25, 0.3) is 54.7 Å². The fraction of sp³-hybridized carbons (Fsp3) is 0.104. The highest BCUT2D eigenvalue weighted by Gasteiger charge is 2.33. The van der Waals surface area contributed by atoms with Gasteiger partial charge in [0.1, 0.15) is 0 Å². The second-order valence-electron chi connectivity index (χ2n) is 13.5. The Morgan fingerprint density at radius 2 is 1.20 bits per heavy atom. The van der Waals surface area contributed by atoms with Gasteiger partial charge in [0, 0.05) is 22.5 Å². The predicted molar refractivity (Wildman–Crippen MR) is 215 cm³/mol. The monoisotopic (exact) mass is 655 g/mol. The van der Waals surface area contributed by atoms with Crippen LogP contribution in [0.3, 0.4) is 0 Å². The largest absolute Gasteiger partial charge is 0.256 e. The lowest BCUT2D eigenvalue weighted by Gasteiger charge is -2.29. The Balaban J connectivity index is 1.16. The molecule has 0 fully saturated rings. The van der Waals surface area contributed by atoms with Crippen molar-refractivity contribution >= 4 is 44.0 Å². The van der Waals surface area contributed by atoms with Gasteiger partial charge >= 0.3 is 0 Å². The van der Waals surface area contributed by atoms with Crippen LogP contribution in [0.2, 0.25) is 0 Å². The van der Waals surface area contributed by atoms with Crippen LogP contribution in [0.4, 0.5) is 0 Å². The molecule has 0 radical (unpaired) electrons. The number of aromatic nitrogens is 1. The Bertz CT molecular complexity index is 2570. The van der Waals surface area contributed by atoms with Gasteiger partial charge in [-0.05, 0) is 80.9 Å². The Morgan fingerprint density at radius 3 is 1.96 bits per heavy atom. The van der Waals surface area contributed by atoms with Crippen molar-refractivity contribution in [2.75, 3.05) is 0 Å². The molecule has 8 aromatic rings. The lowest BCUT2D eigenvalue weighted by molar-refractivity contribution is 0.408. The van der Waals surface area contributed by atoms with Crippen molar-refractivity contribution in [1.29, 1.82) is 0 Å². The highest BCUT2D eigenvalue weighted by Crippen LogP contribution is 2.40. The molecule has 51 heavy (non-hydrogen) atoms. The average molecular weight is 656 g/mol. The highest BCUT2D eigenvalue weighted by molar-refractivity contribution is 6.23. The number of benzene rings is 7. The highest BCUT2D eigenvalue weighted by atomic mass is 15.0. The van der Waals surface area contributed by atoms with Crippen LogP contribution in [0.5, 0.6) is 0 Å². The van der Waals surface area contributed by atoms with Gasteiger partial charge in [0.25, 0.3) is 0 Å². The van der Waals surface area contributed by atoms with Gasteiger partial charge in [-0.25, -0.2) is 4.99 Å². The molecule has 244 valence electrons. The molecule has 0 spiro atoms. The first-order valence-electron chi connectivity index (χ1n) is 17.9. The average Bonchev–Trinajstić information content (AvgIpc) is 3.42. The number of fused-ring (bicyclic) bond motifs is 5. The van der Waals surface area contributed by atoms with Crippen LogP contribution in [-0.2, 0) is 5.54 Å². The number of aliphatic imine (C=N–C) groups is 2. The third-order valence-electron chi connectivity index (χ3n) is 10.6. The number of amidine groups is 1. The molecule has 1 atom stereocenters. The summed E-state index contributed by atoms with van der Waals surface area (Å²) in [6.07, 6.45) is 4.49. The second kappa shape index (κ2) is 12.9. The summed E-state index contributed by atoms with van der Waals surface area (Å²) in [5.41, 5.74) is 9.90.